The van der Waals surface area contributed by atoms with E-state index in [1.165, 1.54) is 16.7 Å². The fourth-order valence-corrected chi connectivity index (χ4v) is 8.48. The maximum Gasteiger partial charge on any atom is 0.148 e. The van der Waals surface area contributed by atoms with Gasteiger partial charge in [-0.1, -0.05) is 172 Å². The van der Waals surface area contributed by atoms with Crippen molar-refractivity contribution in [2.24, 2.45) is 5.41 Å². The molecule has 0 saturated heterocycles. The van der Waals surface area contributed by atoms with Crippen LogP contribution in [0.3, 0.4) is 0 Å². The number of pyridine rings is 1. The van der Waals surface area contributed by atoms with Crippen molar-refractivity contribution in [2.75, 3.05) is 0 Å². The van der Waals surface area contributed by atoms with Gasteiger partial charge in [0.2, 0.25) is 0 Å². The first kappa shape index (κ1) is 46.4. The number of hydrogen-bond acceptors (Lipinski definition) is 3. The molecule has 0 fully saturated rings. The zero-order valence-corrected chi connectivity index (χ0v) is 42.1. The van der Waals surface area contributed by atoms with Gasteiger partial charge < -0.3 is 5.11 Å². The summed E-state index contributed by atoms with van der Waals surface area (Å²) in [5, 5.41) is 11.9. The summed E-state index contributed by atoms with van der Waals surface area (Å²) in [6.07, 6.45) is 1.91. The maximum absolute atomic E-state index is 11.9. The molecule has 0 bridgehead atoms. The molecule has 0 radical (unpaired) electrons. The summed E-state index contributed by atoms with van der Waals surface area (Å²) in [4.78, 5) is 10.5. The van der Waals surface area contributed by atoms with Crippen molar-refractivity contribution in [1.82, 2.24) is 14.5 Å². The SMILES string of the molecule is Cc1cc(C)c(O)c(-c2nc3c(-c4[c-]c(-c5cc(-c6ccc(C(C)(C)C)cc6)ccn5)cc(C(C)(C)C)c4)cccc3n2-c2ccc(C(C)(C)C(C)(C)C)cc2-c2ccccc2)c1.[Pt]. The van der Waals surface area contributed by atoms with E-state index in [-0.39, 0.29) is 48.5 Å². The van der Waals surface area contributed by atoms with Gasteiger partial charge in [-0.2, -0.15) is 0 Å². The molecule has 330 valence electrons. The van der Waals surface area contributed by atoms with Crippen LogP contribution in [-0.4, -0.2) is 19.6 Å². The quantitative estimate of drug-likeness (QED) is 0.162. The Kier molecular flexibility index (Phi) is 12.4. The molecule has 4 nitrogen and oxygen atoms in total. The Labute approximate surface area is 396 Å². The topological polar surface area (TPSA) is 50.9 Å². The van der Waals surface area contributed by atoms with Gasteiger partial charge >= 0.3 is 0 Å². The number of nitrogens with zero attached hydrogens (tertiary/aromatic N) is 3. The number of imidazole rings is 1. The third kappa shape index (κ3) is 8.79. The fourth-order valence-electron chi connectivity index (χ4n) is 8.48. The van der Waals surface area contributed by atoms with Gasteiger partial charge in [-0.25, -0.2) is 4.98 Å². The Balaban J connectivity index is 0.00000612. The van der Waals surface area contributed by atoms with Crippen LogP contribution in [0.15, 0.2) is 134 Å². The van der Waals surface area contributed by atoms with E-state index in [4.69, 9.17) is 9.97 Å². The zero-order valence-electron chi connectivity index (χ0n) is 39.8. The molecular weight excluding hydrogens is 962 g/mol. The first-order chi connectivity index (χ1) is 29.6. The Hall–Kier alpha value is -5.57. The number of hydrogen-bond donors (Lipinski definition) is 1. The van der Waals surface area contributed by atoms with E-state index < -0.39 is 0 Å². The van der Waals surface area contributed by atoms with Gasteiger partial charge in [0, 0.05) is 38.5 Å². The molecule has 6 aromatic carbocycles. The molecule has 2 aromatic heterocycles. The Morgan fingerprint density at radius 3 is 1.86 bits per heavy atom. The molecule has 0 atom stereocenters. The molecule has 1 N–H and O–H groups in total. The standard InChI is InChI=1S/C59H62N3O.Pt/c1-37-30-38(2)54(63)49(31-37)55-61-53-47(20-17-21-52(53)62(55)51-27-26-45(59(12,13)58(9,10)11)36-48(51)40-18-15-14-16-19-40)42-32-43(34-46(33-42)57(6,7)8)50-35-41(28-29-60-50)39-22-24-44(25-23-39)56(3,4)5;/h14-31,33-36,63H,1-13H3;/q-1;. The van der Waals surface area contributed by atoms with Gasteiger partial charge in [0.05, 0.1) is 22.3 Å². The van der Waals surface area contributed by atoms with E-state index in [1.54, 1.807) is 0 Å². The minimum atomic E-state index is -0.157. The molecule has 64 heavy (non-hydrogen) atoms. The summed E-state index contributed by atoms with van der Waals surface area (Å²) in [7, 11) is 0. The van der Waals surface area contributed by atoms with E-state index in [9.17, 15) is 5.11 Å². The van der Waals surface area contributed by atoms with E-state index in [0.717, 1.165) is 72.5 Å². The van der Waals surface area contributed by atoms with Gasteiger partial charge in [0.1, 0.15) is 11.6 Å². The first-order valence-electron chi connectivity index (χ1n) is 22.3. The van der Waals surface area contributed by atoms with Gasteiger partial charge in [-0.3, -0.25) is 9.55 Å². The summed E-state index contributed by atoms with van der Waals surface area (Å²) in [6.45, 7) is 29.1. The molecule has 2 heterocycles. The fraction of sp³-hybridized carbons (Fsp3) is 0.288. The van der Waals surface area contributed by atoms with E-state index >= 15 is 0 Å². The van der Waals surface area contributed by atoms with Crippen LogP contribution in [-0.2, 0) is 37.3 Å². The molecule has 0 aliphatic carbocycles. The van der Waals surface area contributed by atoms with E-state index in [0.29, 0.717) is 11.4 Å². The molecule has 0 aliphatic rings. The van der Waals surface area contributed by atoms with E-state index in [2.05, 4.69) is 215 Å². The second-order valence-corrected chi connectivity index (χ2v) is 21.1. The van der Waals surface area contributed by atoms with Crippen LogP contribution in [0.1, 0.15) is 104 Å². The number of aromatic hydroxyl groups is 1. The Morgan fingerprint density at radius 1 is 0.547 bits per heavy atom. The number of para-hydroxylation sites is 1. The van der Waals surface area contributed by atoms with Crippen molar-refractivity contribution in [3.8, 4) is 67.5 Å². The second-order valence-electron chi connectivity index (χ2n) is 21.1. The van der Waals surface area contributed by atoms with Crippen molar-refractivity contribution in [3.05, 3.63) is 167 Å². The van der Waals surface area contributed by atoms with Crippen molar-refractivity contribution in [3.63, 3.8) is 0 Å². The molecule has 8 aromatic rings. The largest absolute Gasteiger partial charge is 0.507 e. The Bertz CT molecular complexity index is 2990. The number of aromatic nitrogens is 3. The van der Waals surface area contributed by atoms with Gasteiger partial charge in [-0.05, 0) is 105 Å². The van der Waals surface area contributed by atoms with Crippen LogP contribution >= 0.6 is 0 Å². The summed E-state index contributed by atoms with van der Waals surface area (Å²) in [5.74, 6) is 0.911. The summed E-state index contributed by atoms with van der Waals surface area (Å²) in [6, 6.07) is 49.5. The van der Waals surface area contributed by atoms with Crippen LogP contribution in [0.25, 0.3) is 72.7 Å². The van der Waals surface area contributed by atoms with Crippen molar-refractivity contribution < 1.29 is 26.2 Å². The number of phenolic OH excluding ortho intramolecular Hbond substituents is 1. The predicted molar refractivity (Wildman–Crippen MR) is 266 cm³/mol. The van der Waals surface area contributed by atoms with Gasteiger partial charge in [0.25, 0.3) is 0 Å². The predicted octanol–water partition coefficient (Wildman–Crippen LogP) is 15.8. The van der Waals surface area contributed by atoms with Crippen LogP contribution in [0.2, 0.25) is 0 Å². The number of phenols is 1. The number of benzene rings is 6. The minimum absolute atomic E-state index is 0. The number of fused-ring (bicyclic) bond motifs is 1. The number of rotatable bonds is 7. The van der Waals surface area contributed by atoms with Gasteiger partial charge in [0.15, 0.2) is 0 Å². The average Bonchev–Trinajstić information content (AvgIpc) is 3.63. The minimum Gasteiger partial charge on any atom is -0.507 e. The maximum atomic E-state index is 11.9. The zero-order chi connectivity index (χ0) is 45.2. The molecular formula is C59H62N3OPt-. The first-order valence-corrected chi connectivity index (χ1v) is 22.3. The van der Waals surface area contributed by atoms with Crippen molar-refractivity contribution in [1.29, 1.82) is 0 Å². The van der Waals surface area contributed by atoms with Crippen LogP contribution in [0, 0.1) is 25.3 Å². The molecule has 0 unspecified atom stereocenters. The summed E-state index contributed by atoms with van der Waals surface area (Å²) in [5.41, 5.74) is 17.1. The molecule has 0 spiro atoms. The van der Waals surface area contributed by atoms with Crippen molar-refractivity contribution in [2.45, 2.75) is 106 Å². The van der Waals surface area contributed by atoms with E-state index in [1.807, 2.05) is 19.2 Å². The third-order valence-corrected chi connectivity index (χ3v) is 13.4. The van der Waals surface area contributed by atoms with Crippen LogP contribution in [0.5, 0.6) is 5.75 Å². The second kappa shape index (κ2) is 17.1. The smallest absolute Gasteiger partial charge is 0.148 e. The third-order valence-electron chi connectivity index (χ3n) is 13.4. The molecule has 8 rings (SSSR count). The van der Waals surface area contributed by atoms with Crippen molar-refractivity contribution >= 4 is 11.0 Å². The molecule has 0 aliphatic heterocycles. The van der Waals surface area contributed by atoms with Crippen LogP contribution in [0.4, 0.5) is 0 Å². The number of aryl methyl sites for hydroxylation is 2. The monoisotopic (exact) mass is 1020 g/mol. The average molecular weight is 1020 g/mol. The summed E-state index contributed by atoms with van der Waals surface area (Å²) < 4.78 is 2.26. The molecule has 0 saturated carbocycles. The van der Waals surface area contributed by atoms with Gasteiger partial charge in [-0.15, -0.1) is 29.3 Å². The van der Waals surface area contributed by atoms with Crippen LogP contribution < -0.4 is 0 Å². The summed E-state index contributed by atoms with van der Waals surface area (Å²) >= 11 is 0. The Morgan fingerprint density at radius 2 is 1.20 bits per heavy atom. The normalized spacial score (nSPS) is 12.4. The molecule has 0 amide bonds. The molecule has 5 heteroatoms.